The highest BCUT2D eigenvalue weighted by molar-refractivity contribution is 6.30. The first-order valence-corrected chi connectivity index (χ1v) is 17.0. The number of amides is 2. The molecule has 1 aliphatic carbocycles. The standard InChI is InChI=1S/C40H35ClN6O4/c1-51-35(48)25-44-39(49)37(28-15-17-32(41)18-16-28)47(33-21-30-9-5-6-10-31(30)22-33)40(50)29-13-11-27(12-14-29)36-38(43-23-26-7-3-2-4-8-26)46-20-19-42-24-34(46)45-36/h2-20,24,33,37,43H,21-23,25H2,1H3,(H,44,49). The van der Waals surface area contributed by atoms with Crippen molar-refractivity contribution >= 4 is 40.8 Å². The van der Waals surface area contributed by atoms with E-state index in [1.165, 1.54) is 7.11 Å². The van der Waals surface area contributed by atoms with E-state index in [0.717, 1.165) is 28.1 Å². The van der Waals surface area contributed by atoms with Gasteiger partial charge in [-0.25, -0.2) is 4.98 Å². The first kappa shape index (κ1) is 33.5. The van der Waals surface area contributed by atoms with Gasteiger partial charge < -0.3 is 20.3 Å². The Morgan fingerprint density at radius 1 is 0.922 bits per heavy atom. The molecule has 0 radical (unpaired) electrons. The summed E-state index contributed by atoms with van der Waals surface area (Å²) in [6, 6.07) is 30.9. The highest BCUT2D eigenvalue weighted by Gasteiger charge is 2.39. The number of hydrogen-bond acceptors (Lipinski definition) is 7. The third-order valence-electron chi connectivity index (χ3n) is 9.14. The van der Waals surface area contributed by atoms with Crippen LogP contribution in [0.1, 0.15) is 38.7 Å². The van der Waals surface area contributed by atoms with Crippen LogP contribution in [0.5, 0.6) is 0 Å². The van der Waals surface area contributed by atoms with E-state index in [1.54, 1.807) is 53.7 Å². The van der Waals surface area contributed by atoms with E-state index in [4.69, 9.17) is 21.3 Å². The van der Waals surface area contributed by atoms with Crippen LogP contribution in [-0.2, 0) is 33.7 Å². The molecule has 4 aromatic carbocycles. The SMILES string of the molecule is COC(=O)CNC(=O)C(c1ccc(Cl)cc1)N(C(=O)c1ccc(-c2nc3cnccn3c2NCc2ccccc2)cc1)C1Cc2ccccc2C1. The number of hydrogen-bond donors (Lipinski definition) is 2. The number of ether oxygens (including phenoxy) is 1. The number of nitrogens with one attached hydrogen (secondary N) is 2. The van der Waals surface area contributed by atoms with Gasteiger partial charge in [0.2, 0.25) is 5.91 Å². The summed E-state index contributed by atoms with van der Waals surface area (Å²) in [6.45, 7) is 0.250. The smallest absolute Gasteiger partial charge is 0.325 e. The summed E-state index contributed by atoms with van der Waals surface area (Å²) in [7, 11) is 1.26. The Morgan fingerprint density at radius 3 is 2.29 bits per heavy atom. The minimum atomic E-state index is -1.06. The lowest BCUT2D eigenvalue weighted by Gasteiger charge is -2.36. The monoisotopic (exact) mass is 698 g/mol. The number of methoxy groups -OCH3 is 1. The molecule has 0 fully saturated rings. The number of carbonyl (C=O) groups is 3. The fraction of sp³-hybridized carbons (Fsp3) is 0.175. The van der Waals surface area contributed by atoms with E-state index in [9.17, 15) is 14.4 Å². The van der Waals surface area contributed by atoms with Crippen molar-refractivity contribution in [2.45, 2.75) is 31.5 Å². The molecule has 6 aromatic rings. The summed E-state index contributed by atoms with van der Waals surface area (Å²) >= 11 is 6.24. The molecule has 0 aliphatic heterocycles. The van der Waals surface area contributed by atoms with Crippen LogP contribution in [0, 0.1) is 0 Å². The second-order valence-electron chi connectivity index (χ2n) is 12.3. The van der Waals surface area contributed by atoms with Gasteiger partial charge in [-0.2, -0.15) is 0 Å². The Bertz CT molecular complexity index is 2160. The molecule has 2 heterocycles. The van der Waals surface area contributed by atoms with E-state index in [-0.39, 0.29) is 18.5 Å². The lowest BCUT2D eigenvalue weighted by atomic mass is 9.98. The molecule has 1 unspecified atom stereocenters. The lowest BCUT2D eigenvalue weighted by Crippen LogP contribution is -2.50. The molecule has 0 saturated carbocycles. The van der Waals surface area contributed by atoms with Gasteiger partial charge in [0, 0.05) is 41.1 Å². The summed E-state index contributed by atoms with van der Waals surface area (Å²) in [5, 5.41) is 6.72. The highest BCUT2D eigenvalue weighted by atomic mass is 35.5. The van der Waals surface area contributed by atoms with Crippen molar-refractivity contribution in [3.05, 3.63) is 155 Å². The molecule has 2 N–H and O–H groups in total. The minimum Gasteiger partial charge on any atom is -0.468 e. The molecule has 7 rings (SSSR count). The fourth-order valence-corrected chi connectivity index (χ4v) is 6.74. The predicted octanol–water partition coefficient (Wildman–Crippen LogP) is 6.30. The van der Waals surface area contributed by atoms with Crippen LogP contribution in [0.3, 0.4) is 0 Å². The maximum absolute atomic E-state index is 14.8. The maximum Gasteiger partial charge on any atom is 0.325 e. The average molecular weight is 699 g/mol. The lowest BCUT2D eigenvalue weighted by molar-refractivity contribution is -0.141. The first-order valence-electron chi connectivity index (χ1n) is 16.6. The van der Waals surface area contributed by atoms with Crippen molar-refractivity contribution in [3.8, 4) is 11.3 Å². The van der Waals surface area contributed by atoms with Crippen LogP contribution in [0.4, 0.5) is 5.82 Å². The maximum atomic E-state index is 14.8. The second-order valence-corrected chi connectivity index (χ2v) is 12.8. The normalized spacial score (nSPS) is 13.0. The number of carbonyl (C=O) groups excluding carboxylic acids is 3. The number of anilines is 1. The van der Waals surface area contributed by atoms with E-state index in [0.29, 0.717) is 46.9 Å². The number of aromatic nitrogens is 3. The quantitative estimate of drug-likeness (QED) is 0.153. The Hall–Kier alpha value is -6.00. The number of esters is 1. The summed E-state index contributed by atoms with van der Waals surface area (Å²) in [4.78, 5) is 51.6. The summed E-state index contributed by atoms with van der Waals surface area (Å²) in [5.74, 6) is -0.628. The number of halogens is 1. The summed E-state index contributed by atoms with van der Waals surface area (Å²) < 4.78 is 6.72. The van der Waals surface area contributed by atoms with Crippen LogP contribution >= 0.6 is 11.6 Å². The Kier molecular flexibility index (Phi) is 9.76. The Labute approximate surface area is 300 Å². The van der Waals surface area contributed by atoms with Crippen molar-refractivity contribution in [2.24, 2.45) is 0 Å². The van der Waals surface area contributed by atoms with Gasteiger partial charge in [0.05, 0.1) is 13.3 Å². The highest BCUT2D eigenvalue weighted by Crippen LogP contribution is 2.35. The van der Waals surface area contributed by atoms with E-state index < -0.39 is 17.9 Å². The number of fused-ring (bicyclic) bond motifs is 2. The van der Waals surface area contributed by atoms with Gasteiger partial charge in [0.1, 0.15) is 24.1 Å². The van der Waals surface area contributed by atoms with Crippen molar-refractivity contribution in [1.82, 2.24) is 24.6 Å². The van der Waals surface area contributed by atoms with E-state index in [1.807, 2.05) is 53.1 Å². The predicted molar refractivity (Wildman–Crippen MR) is 195 cm³/mol. The number of imidazole rings is 1. The van der Waals surface area contributed by atoms with Gasteiger partial charge in [-0.05, 0) is 59.4 Å². The van der Waals surface area contributed by atoms with Crippen LogP contribution in [-0.4, -0.2) is 56.7 Å². The number of rotatable bonds is 11. The largest absolute Gasteiger partial charge is 0.468 e. The first-order chi connectivity index (χ1) is 24.9. The second kappa shape index (κ2) is 14.9. The zero-order valence-corrected chi connectivity index (χ0v) is 28.6. The van der Waals surface area contributed by atoms with E-state index in [2.05, 4.69) is 39.9 Å². The van der Waals surface area contributed by atoms with Gasteiger partial charge in [-0.15, -0.1) is 0 Å². The van der Waals surface area contributed by atoms with Gasteiger partial charge in [-0.1, -0.05) is 90.5 Å². The molecule has 2 aromatic heterocycles. The molecule has 0 saturated heterocycles. The third kappa shape index (κ3) is 7.18. The van der Waals surface area contributed by atoms with Gasteiger partial charge in [0.15, 0.2) is 5.65 Å². The molecule has 2 amide bonds. The van der Waals surface area contributed by atoms with Gasteiger partial charge >= 0.3 is 5.97 Å². The van der Waals surface area contributed by atoms with E-state index >= 15 is 0 Å². The molecule has 1 aliphatic rings. The number of nitrogens with zero attached hydrogens (tertiary/aromatic N) is 4. The molecular weight excluding hydrogens is 664 g/mol. The van der Waals surface area contributed by atoms with Crippen molar-refractivity contribution in [3.63, 3.8) is 0 Å². The van der Waals surface area contributed by atoms with Crippen molar-refractivity contribution < 1.29 is 19.1 Å². The Morgan fingerprint density at radius 2 is 1.61 bits per heavy atom. The molecule has 11 heteroatoms. The fourth-order valence-electron chi connectivity index (χ4n) is 6.62. The zero-order chi connectivity index (χ0) is 35.3. The minimum absolute atomic E-state index is 0.325. The third-order valence-corrected chi connectivity index (χ3v) is 9.39. The van der Waals surface area contributed by atoms with Crippen molar-refractivity contribution in [2.75, 3.05) is 19.0 Å². The molecule has 1 atom stereocenters. The van der Waals surface area contributed by atoms with Crippen LogP contribution in [0.25, 0.3) is 16.9 Å². The Balaban J connectivity index is 1.25. The molecule has 10 nitrogen and oxygen atoms in total. The van der Waals surface area contributed by atoms with Crippen molar-refractivity contribution in [1.29, 1.82) is 0 Å². The summed E-state index contributed by atoms with van der Waals surface area (Å²) in [5.41, 5.74) is 6.52. The molecular formula is C40H35ClN6O4. The molecule has 51 heavy (non-hydrogen) atoms. The van der Waals surface area contributed by atoms with Crippen LogP contribution in [0.15, 0.2) is 122 Å². The zero-order valence-electron chi connectivity index (χ0n) is 27.8. The van der Waals surface area contributed by atoms with Crippen LogP contribution in [0.2, 0.25) is 5.02 Å². The van der Waals surface area contributed by atoms with Gasteiger partial charge in [0.25, 0.3) is 5.91 Å². The molecule has 0 bridgehead atoms. The average Bonchev–Trinajstić information content (AvgIpc) is 3.77. The van der Waals surface area contributed by atoms with Gasteiger partial charge in [-0.3, -0.25) is 23.8 Å². The number of benzene rings is 4. The topological polar surface area (TPSA) is 118 Å². The van der Waals surface area contributed by atoms with Crippen LogP contribution < -0.4 is 10.6 Å². The molecule has 0 spiro atoms. The molecule has 256 valence electrons. The summed E-state index contributed by atoms with van der Waals surface area (Å²) in [6.07, 6.45) is 6.41.